The van der Waals surface area contributed by atoms with Gasteiger partial charge in [0.05, 0.1) is 6.10 Å². The Labute approximate surface area is 125 Å². The Morgan fingerprint density at radius 3 is 3.19 bits per heavy atom. The number of anilines is 1. The molecule has 0 aliphatic carbocycles. The van der Waals surface area contributed by atoms with Crippen molar-refractivity contribution in [2.45, 2.75) is 38.3 Å². The molecule has 1 aromatic rings. The van der Waals surface area contributed by atoms with Crippen molar-refractivity contribution in [1.82, 2.24) is 5.32 Å². The van der Waals surface area contributed by atoms with Crippen molar-refractivity contribution in [3.8, 4) is 5.75 Å². The summed E-state index contributed by atoms with van der Waals surface area (Å²) in [6, 6.07) is 5.81. The van der Waals surface area contributed by atoms with Crippen LogP contribution in [0, 0.1) is 0 Å². The number of carbonyl (C=O) groups is 1. The number of fused-ring (bicyclic) bond motifs is 1. The zero-order valence-corrected chi connectivity index (χ0v) is 12.2. The quantitative estimate of drug-likeness (QED) is 0.891. The summed E-state index contributed by atoms with van der Waals surface area (Å²) in [5, 5.41) is 6.25. The van der Waals surface area contributed by atoms with Crippen LogP contribution >= 0.6 is 0 Å². The number of hydrogen-bond donors (Lipinski definition) is 2. The van der Waals surface area contributed by atoms with E-state index in [0.29, 0.717) is 13.0 Å². The monoisotopic (exact) mass is 290 g/mol. The molecular formula is C16H22N2O3. The molecule has 114 valence electrons. The fourth-order valence-electron chi connectivity index (χ4n) is 2.78. The van der Waals surface area contributed by atoms with Gasteiger partial charge in [-0.3, -0.25) is 4.79 Å². The molecule has 5 heteroatoms. The van der Waals surface area contributed by atoms with Crippen LogP contribution in [0.5, 0.6) is 5.75 Å². The van der Waals surface area contributed by atoms with Crippen LogP contribution < -0.4 is 15.4 Å². The van der Waals surface area contributed by atoms with Crippen molar-refractivity contribution in [3.63, 3.8) is 0 Å². The highest BCUT2D eigenvalue weighted by Gasteiger charge is 2.17. The van der Waals surface area contributed by atoms with E-state index in [9.17, 15) is 4.79 Å². The molecule has 21 heavy (non-hydrogen) atoms. The smallest absolute Gasteiger partial charge is 0.224 e. The van der Waals surface area contributed by atoms with Crippen molar-refractivity contribution >= 4 is 11.6 Å². The first kappa shape index (κ1) is 14.4. The molecule has 1 saturated heterocycles. The highest BCUT2D eigenvalue weighted by molar-refractivity contribution is 5.90. The van der Waals surface area contributed by atoms with E-state index in [1.165, 1.54) is 0 Å². The van der Waals surface area contributed by atoms with E-state index in [0.717, 1.165) is 56.0 Å². The van der Waals surface area contributed by atoms with Gasteiger partial charge in [-0.05, 0) is 37.5 Å². The Hall–Kier alpha value is -1.59. The van der Waals surface area contributed by atoms with Crippen LogP contribution in [0.3, 0.4) is 0 Å². The predicted octanol–water partition coefficient (Wildman–Crippen LogP) is 2.07. The SMILES string of the molecule is O=C(CCC1CCCO1)Nc1ccc2c(c1)CNCCO2. The van der Waals surface area contributed by atoms with Crippen LogP contribution in [0.1, 0.15) is 31.2 Å². The summed E-state index contributed by atoms with van der Waals surface area (Å²) < 4.78 is 11.2. The largest absolute Gasteiger partial charge is 0.492 e. The Kier molecular flexibility index (Phi) is 4.72. The van der Waals surface area contributed by atoms with Crippen LogP contribution in [0.25, 0.3) is 0 Å². The lowest BCUT2D eigenvalue weighted by Crippen LogP contribution is -2.16. The van der Waals surface area contributed by atoms with Gasteiger partial charge in [0.2, 0.25) is 5.91 Å². The second-order valence-corrected chi connectivity index (χ2v) is 5.57. The number of amides is 1. The number of carbonyl (C=O) groups excluding carboxylic acids is 1. The van der Waals surface area contributed by atoms with E-state index in [-0.39, 0.29) is 12.0 Å². The zero-order valence-electron chi connectivity index (χ0n) is 12.2. The van der Waals surface area contributed by atoms with Gasteiger partial charge in [-0.25, -0.2) is 0 Å². The third kappa shape index (κ3) is 3.95. The normalized spacial score (nSPS) is 21.2. The van der Waals surface area contributed by atoms with Crippen LogP contribution in [0.4, 0.5) is 5.69 Å². The molecular weight excluding hydrogens is 268 g/mol. The molecule has 0 bridgehead atoms. The summed E-state index contributed by atoms with van der Waals surface area (Å²) in [6.45, 7) is 3.14. The number of hydrogen-bond acceptors (Lipinski definition) is 4. The minimum absolute atomic E-state index is 0.0490. The summed E-state index contributed by atoms with van der Waals surface area (Å²) in [7, 11) is 0. The zero-order chi connectivity index (χ0) is 14.5. The maximum absolute atomic E-state index is 12.0. The minimum Gasteiger partial charge on any atom is -0.492 e. The Balaban J connectivity index is 1.54. The molecule has 5 nitrogen and oxygen atoms in total. The fourth-order valence-corrected chi connectivity index (χ4v) is 2.78. The maximum Gasteiger partial charge on any atom is 0.224 e. The van der Waals surface area contributed by atoms with Crippen molar-refractivity contribution in [3.05, 3.63) is 23.8 Å². The molecule has 2 N–H and O–H groups in total. The Morgan fingerprint density at radius 2 is 2.33 bits per heavy atom. The first-order valence-corrected chi connectivity index (χ1v) is 7.69. The van der Waals surface area contributed by atoms with E-state index in [1.54, 1.807) is 0 Å². The molecule has 1 aromatic carbocycles. The van der Waals surface area contributed by atoms with E-state index >= 15 is 0 Å². The van der Waals surface area contributed by atoms with Crippen LogP contribution in [-0.2, 0) is 16.1 Å². The number of rotatable bonds is 4. The predicted molar refractivity (Wildman–Crippen MR) is 80.5 cm³/mol. The van der Waals surface area contributed by atoms with Gasteiger partial charge >= 0.3 is 0 Å². The number of benzene rings is 1. The maximum atomic E-state index is 12.0. The molecule has 0 aromatic heterocycles. The third-order valence-electron chi connectivity index (χ3n) is 3.91. The Morgan fingerprint density at radius 1 is 1.38 bits per heavy atom. The van der Waals surface area contributed by atoms with Gasteiger partial charge in [0.25, 0.3) is 0 Å². The molecule has 2 aliphatic heterocycles. The number of nitrogens with one attached hydrogen (secondary N) is 2. The van der Waals surface area contributed by atoms with Gasteiger partial charge in [0.15, 0.2) is 0 Å². The van der Waals surface area contributed by atoms with Gasteiger partial charge in [-0.1, -0.05) is 0 Å². The van der Waals surface area contributed by atoms with Gasteiger partial charge in [-0.15, -0.1) is 0 Å². The highest BCUT2D eigenvalue weighted by Crippen LogP contribution is 2.24. The molecule has 2 aliphatic rings. The molecule has 0 spiro atoms. The molecule has 1 atom stereocenters. The standard InChI is InChI=1S/C16H22N2O3/c19-16(6-4-14-2-1-8-20-14)18-13-3-5-15-12(10-13)11-17-7-9-21-15/h3,5,10,14,17H,1-2,4,6-9,11H2,(H,18,19). The van der Waals surface area contributed by atoms with Crippen LogP contribution in [-0.4, -0.2) is 31.8 Å². The Bertz CT molecular complexity index is 498. The lowest BCUT2D eigenvalue weighted by Gasteiger charge is -2.11. The minimum atomic E-state index is 0.0490. The van der Waals surface area contributed by atoms with Gasteiger partial charge < -0.3 is 20.1 Å². The molecule has 2 heterocycles. The average molecular weight is 290 g/mol. The molecule has 1 fully saturated rings. The fraction of sp³-hybridized carbons (Fsp3) is 0.562. The van der Waals surface area contributed by atoms with Crippen LogP contribution in [0.2, 0.25) is 0 Å². The lowest BCUT2D eigenvalue weighted by molar-refractivity contribution is -0.116. The summed E-state index contributed by atoms with van der Waals surface area (Å²) in [4.78, 5) is 12.0. The van der Waals surface area contributed by atoms with E-state index in [4.69, 9.17) is 9.47 Å². The van der Waals surface area contributed by atoms with E-state index in [2.05, 4.69) is 10.6 Å². The van der Waals surface area contributed by atoms with Crippen molar-refractivity contribution in [2.75, 3.05) is 25.1 Å². The van der Waals surface area contributed by atoms with E-state index in [1.807, 2.05) is 18.2 Å². The van der Waals surface area contributed by atoms with E-state index < -0.39 is 0 Å². The summed E-state index contributed by atoms with van der Waals surface area (Å²) in [5.41, 5.74) is 1.92. The van der Waals surface area contributed by atoms with Gasteiger partial charge in [0, 0.05) is 37.4 Å². The van der Waals surface area contributed by atoms with Gasteiger partial charge in [0.1, 0.15) is 12.4 Å². The topological polar surface area (TPSA) is 59.6 Å². The van der Waals surface area contributed by atoms with Crippen molar-refractivity contribution in [2.24, 2.45) is 0 Å². The molecule has 1 unspecified atom stereocenters. The molecule has 1 amide bonds. The second kappa shape index (κ2) is 6.91. The first-order chi connectivity index (χ1) is 10.3. The molecule has 3 rings (SSSR count). The highest BCUT2D eigenvalue weighted by atomic mass is 16.5. The van der Waals surface area contributed by atoms with Gasteiger partial charge in [-0.2, -0.15) is 0 Å². The summed E-state index contributed by atoms with van der Waals surface area (Å²) >= 11 is 0. The molecule has 0 saturated carbocycles. The lowest BCUT2D eigenvalue weighted by atomic mass is 10.1. The van der Waals surface area contributed by atoms with Crippen molar-refractivity contribution in [1.29, 1.82) is 0 Å². The summed E-state index contributed by atoms with van der Waals surface area (Å²) in [6.07, 6.45) is 3.78. The van der Waals surface area contributed by atoms with Crippen molar-refractivity contribution < 1.29 is 14.3 Å². The number of ether oxygens (including phenoxy) is 2. The average Bonchev–Trinajstić information content (AvgIpc) is 2.90. The summed E-state index contributed by atoms with van der Waals surface area (Å²) in [5.74, 6) is 0.949. The third-order valence-corrected chi connectivity index (χ3v) is 3.91. The van der Waals surface area contributed by atoms with Crippen LogP contribution in [0.15, 0.2) is 18.2 Å². The second-order valence-electron chi connectivity index (χ2n) is 5.57. The first-order valence-electron chi connectivity index (χ1n) is 7.69. The molecule has 0 radical (unpaired) electrons.